The standard InChI is InChI=1S/C13H26N2O2/c1-10(12(16)17-13(2,3)4)15(5)11-6-8-14-9-7-11/h10-11,14H,6-9H2,1-5H3. The van der Waals surface area contributed by atoms with Crippen LogP contribution in [0.2, 0.25) is 0 Å². The van der Waals surface area contributed by atoms with E-state index >= 15 is 0 Å². The van der Waals surface area contributed by atoms with Crippen molar-refractivity contribution in [3.63, 3.8) is 0 Å². The normalized spacial score (nSPS) is 20.4. The van der Waals surface area contributed by atoms with Crippen molar-refractivity contribution >= 4 is 5.97 Å². The van der Waals surface area contributed by atoms with Gasteiger partial charge in [-0.1, -0.05) is 0 Å². The first-order valence-electron chi connectivity index (χ1n) is 6.47. The zero-order chi connectivity index (χ0) is 13.1. The van der Waals surface area contributed by atoms with Crippen molar-refractivity contribution in [2.75, 3.05) is 20.1 Å². The molecule has 1 N–H and O–H groups in total. The Hall–Kier alpha value is -0.610. The molecule has 1 unspecified atom stereocenters. The van der Waals surface area contributed by atoms with Crippen LogP contribution in [0.4, 0.5) is 0 Å². The molecule has 0 bridgehead atoms. The highest BCUT2D eigenvalue weighted by molar-refractivity contribution is 5.75. The Balaban J connectivity index is 2.50. The number of nitrogens with zero attached hydrogens (tertiary/aromatic N) is 1. The molecular formula is C13H26N2O2. The van der Waals surface area contributed by atoms with Gasteiger partial charge in [-0.15, -0.1) is 0 Å². The lowest BCUT2D eigenvalue weighted by Gasteiger charge is -2.35. The van der Waals surface area contributed by atoms with Crippen LogP contribution in [0.1, 0.15) is 40.5 Å². The van der Waals surface area contributed by atoms with Crippen LogP contribution >= 0.6 is 0 Å². The molecule has 4 nitrogen and oxygen atoms in total. The Labute approximate surface area is 105 Å². The topological polar surface area (TPSA) is 41.6 Å². The molecule has 100 valence electrons. The third kappa shape index (κ3) is 4.64. The second-order valence-corrected chi connectivity index (χ2v) is 5.86. The Morgan fingerprint density at radius 3 is 2.35 bits per heavy atom. The van der Waals surface area contributed by atoms with Crippen LogP contribution in [-0.2, 0) is 9.53 Å². The summed E-state index contributed by atoms with van der Waals surface area (Å²) in [7, 11) is 2.02. The number of carbonyl (C=O) groups excluding carboxylic acids is 1. The number of ether oxygens (including phenoxy) is 1. The Morgan fingerprint density at radius 1 is 1.35 bits per heavy atom. The minimum Gasteiger partial charge on any atom is -0.459 e. The molecular weight excluding hydrogens is 216 g/mol. The zero-order valence-electron chi connectivity index (χ0n) is 11.7. The highest BCUT2D eigenvalue weighted by Crippen LogP contribution is 2.16. The average molecular weight is 242 g/mol. The molecule has 0 aliphatic carbocycles. The monoisotopic (exact) mass is 242 g/mol. The number of hydrogen-bond acceptors (Lipinski definition) is 4. The summed E-state index contributed by atoms with van der Waals surface area (Å²) in [6.45, 7) is 9.72. The molecule has 1 atom stereocenters. The van der Waals surface area contributed by atoms with E-state index < -0.39 is 5.60 Å². The quantitative estimate of drug-likeness (QED) is 0.760. The van der Waals surface area contributed by atoms with Gasteiger partial charge in [0.1, 0.15) is 11.6 Å². The number of esters is 1. The third-order valence-electron chi connectivity index (χ3n) is 3.24. The van der Waals surface area contributed by atoms with E-state index in [-0.39, 0.29) is 12.0 Å². The van der Waals surface area contributed by atoms with Gasteiger partial charge < -0.3 is 10.1 Å². The molecule has 0 aromatic heterocycles. The van der Waals surface area contributed by atoms with Crippen LogP contribution in [-0.4, -0.2) is 48.7 Å². The van der Waals surface area contributed by atoms with Crippen LogP contribution in [0.5, 0.6) is 0 Å². The van der Waals surface area contributed by atoms with Crippen molar-refractivity contribution in [3.05, 3.63) is 0 Å². The van der Waals surface area contributed by atoms with Gasteiger partial charge in [0.25, 0.3) is 0 Å². The largest absolute Gasteiger partial charge is 0.459 e. The summed E-state index contributed by atoms with van der Waals surface area (Å²) in [5.41, 5.74) is -0.402. The van der Waals surface area contributed by atoms with Crippen LogP contribution in [0.15, 0.2) is 0 Å². The Morgan fingerprint density at radius 2 is 1.88 bits per heavy atom. The fourth-order valence-electron chi connectivity index (χ4n) is 2.08. The summed E-state index contributed by atoms with van der Waals surface area (Å²) >= 11 is 0. The van der Waals surface area contributed by atoms with Gasteiger partial charge in [0.15, 0.2) is 0 Å². The maximum absolute atomic E-state index is 12.0. The fourth-order valence-corrected chi connectivity index (χ4v) is 2.08. The maximum Gasteiger partial charge on any atom is 0.323 e. The molecule has 0 aromatic rings. The van der Waals surface area contributed by atoms with Crippen molar-refractivity contribution in [2.45, 2.75) is 58.2 Å². The second-order valence-electron chi connectivity index (χ2n) is 5.86. The number of likely N-dealkylation sites (N-methyl/N-ethyl adjacent to an activating group) is 1. The lowest BCUT2D eigenvalue weighted by Crippen LogP contribution is -2.49. The van der Waals surface area contributed by atoms with E-state index in [9.17, 15) is 4.79 Å². The van der Waals surface area contributed by atoms with E-state index in [1.165, 1.54) is 0 Å². The van der Waals surface area contributed by atoms with E-state index in [4.69, 9.17) is 4.74 Å². The predicted molar refractivity (Wildman–Crippen MR) is 69.0 cm³/mol. The van der Waals surface area contributed by atoms with Gasteiger partial charge in [-0.25, -0.2) is 0 Å². The van der Waals surface area contributed by atoms with Gasteiger partial charge in [-0.05, 0) is 60.7 Å². The molecule has 1 fully saturated rings. The Bertz CT molecular complexity index is 255. The molecule has 0 radical (unpaired) electrons. The molecule has 1 heterocycles. The predicted octanol–water partition coefficient (Wildman–Crippen LogP) is 1.40. The zero-order valence-corrected chi connectivity index (χ0v) is 11.7. The van der Waals surface area contributed by atoms with E-state index in [1.54, 1.807) is 0 Å². The van der Waals surface area contributed by atoms with Gasteiger partial charge >= 0.3 is 5.97 Å². The van der Waals surface area contributed by atoms with Gasteiger partial charge in [-0.2, -0.15) is 0 Å². The van der Waals surface area contributed by atoms with Gasteiger partial charge in [0, 0.05) is 6.04 Å². The van der Waals surface area contributed by atoms with Gasteiger partial charge in [0.2, 0.25) is 0 Å². The summed E-state index contributed by atoms with van der Waals surface area (Å²) < 4.78 is 5.42. The molecule has 1 rings (SSSR count). The first-order valence-corrected chi connectivity index (χ1v) is 6.47. The lowest BCUT2D eigenvalue weighted by atomic mass is 10.0. The van der Waals surface area contributed by atoms with Crippen molar-refractivity contribution < 1.29 is 9.53 Å². The number of piperidine rings is 1. The SMILES string of the molecule is CC(C(=O)OC(C)(C)C)N(C)C1CCNCC1. The van der Waals surface area contributed by atoms with Crippen LogP contribution in [0.25, 0.3) is 0 Å². The summed E-state index contributed by atoms with van der Waals surface area (Å²) in [6, 6.07) is 0.316. The van der Waals surface area contributed by atoms with E-state index in [0.29, 0.717) is 6.04 Å². The highest BCUT2D eigenvalue weighted by Gasteiger charge is 2.29. The minimum absolute atomic E-state index is 0.126. The van der Waals surface area contributed by atoms with Crippen LogP contribution in [0, 0.1) is 0 Å². The molecule has 0 aromatic carbocycles. The molecule has 0 spiro atoms. The van der Waals surface area contributed by atoms with Crippen molar-refractivity contribution in [2.24, 2.45) is 0 Å². The number of nitrogens with one attached hydrogen (secondary N) is 1. The van der Waals surface area contributed by atoms with E-state index in [1.807, 2.05) is 34.7 Å². The maximum atomic E-state index is 12.0. The highest BCUT2D eigenvalue weighted by atomic mass is 16.6. The van der Waals surface area contributed by atoms with Crippen LogP contribution in [0.3, 0.4) is 0 Å². The summed E-state index contributed by atoms with van der Waals surface area (Å²) in [6.07, 6.45) is 2.20. The van der Waals surface area contributed by atoms with E-state index in [2.05, 4.69) is 10.2 Å². The fraction of sp³-hybridized carbons (Fsp3) is 0.923. The van der Waals surface area contributed by atoms with Crippen LogP contribution < -0.4 is 5.32 Å². The van der Waals surface area contributed by atoms with Crippen molar-refractivity contribution in [3.8, 4) is 0 Å². The smallest absolute Gasteiger partial charge is 0.323 e. The first kappa shape index (κ1) is 14.5. The summed E-state index contributed by atoms with van der Waals surface area (Å²) in [5, 5.41) is 3.33. The molecule has 1 aliphatic rings. The van der Waals surface area contributed by atoms with Gasteiger partial charge in [0.05, 0.1) is 0 Å². The van der Waals surface area contributed by atoms with Gasteiger partial charge in [-0.3, -0.25) is 9.69 Å². The van der Waals surface area contributed by atoms with Crippen molar-refractivity contribution in [1.82, 2.24) is 10.2 Å². The first-order chi connectivity index (χ1) is 7.81. The molecule has 0 amide bonds. The molecule has 4 heteroatoms. The molecule has 1 saturated heterocycles. The summed E-state index contributed by atoms with van der Waals surface area (Å²) in [4.78, 5) is 14.1. The Kier molecular flexibility index (Phi) is 4.95. The molecule has 1 aliphatic heterocycles. The lowest BCUT2D eigenvalue weighted by molar-refractivity contribution is -0.161. The minimum atomic E-state index is -0.402. The summed E-state index contributed by atoms with van der Waals surface area (Å²) in [5.74, 6) is -0.126. The number of rotatable bonds is 3. The number of hydrogen-bond donors (Lipinski definition) is 1. The van der Waals surface area contributed by atoms with E-state index in [0.717, 1.165) is 25.9 Å². The number of carbonyl (C=O) groups is 1. The molecule has 17 heavy (non-hydrogen) atoms. The van der Waals surface area contributed by atoms with Crippen molar-refractivity contribution in [1.29, 1.82) is 0 Å². The third-order valence-corrected chi connectivity index (χ3v) is 3.24. The molecule has 0 saturated carbocycles. The average Bonchev–Trinajstić information content (AvgIpc) is 2.26. The second kappa shape index (κ2) is 5.83.